The summed E-state index contributed by atoms with van der Waals surface area (Å²) in [6.45, 7) is 2.26. The molecule has 1 unspecified atom stereocenters. The van der Waals surface area contributed by atoms with Crippen molar-refractivity contribution in [2.75, 3.05) is 13.2 Å². The standard InChI is InChI=1S/C12H17NO3S/c1-10-4-2-6-12(8-10)17(15,16)13-7-3-5-11(13)9-14/h2,4,6,8,11,14H,3,5,7,9H2,1H3. The topological polar surface area (TPSA) is 57.6 Å². The Bertz CT molecular complexity index is 498. The maximum absolute atomic E-state index is 12.4. The number of aliphatic hydroxyl groups excluding tert-OH is 1. The lowest BCUT2D eigenvalue weighted by Gasteiger charge is -2.22. The van der Waals surface area contributed by atoms with Crippen LogP contribution in [-0.2, 0) is 10.0 Å². The van der Waals surface area contributed by atoms with Gasteiger partial charge in [-0.2, -0.15) is 4.31 Å². The Labute approximate surface area is 102 Å². The van der Waals surface area contributed by atoms with E-state index in [1.165, 1.54) is 4.31 Å². The van der Waals surface area contributed by atoms with E-state index in [1.54, 1.807) is 18.2 Å². The molecule has 1 aromatic carbocycles. The Morgan fingerprint density at radius 1 is 1.47 bits per heavy atom. The molecule has 1 saturated heterocycles. The van der Waals surface area contributed by atoms with E-state index in [2.05, 4.69) is 0 Å². The van der Waals surface area contributed by atoms with Crippen molar-refractivity contribution in [3.8, 4) is 0 Å². The molecule has 2 rings (SSSR count). The average Bonchev–Trinajstić information content (AvgIpc) is 2.77. The Morgan fingerprint density at radius 2 is 2.24 bits per heavy atom. The highest BCUT2D eigenvalue weighted by atomic mass is 32.2. The molecule has 1 N–H and O–H groups in total. The highest BCUT2D eigenvalue weighted by Crippen LogP contribution is 2.25. The molecule has 1 aliphatic heterocycles. The van der Waals surface area contributed by atoms with Crippen LogP contribution in [-0.4, -0.2) is 37.0 Å². The predicted molar refractivity (Wildman–Crippen MR) is 65.2 cm³/mol. The molecule has 0 spiro atoms. The number of sulfonamides is 1. The van der Waals surface area contributed by atoms with Gasteiger partial charge in [-0.1, -0.05) is 12.1 Å². The monoisotopic (exact) mass is 255 g/mol. The molecule has 1 aliphatic rings. The fraction of sp³-hybridized carbons (Fsp3) is 0.500. The van der Waals surface area contributed by atoms with E-state index in [0.29, 0.717) is 11.4 Å². The van der Waals surface area contributed by atoms with Gasteiger partial charge < -0.3 is 5.11 Å². The molecule has 94 valence electrons. The van der Waals surface area contributed by atoms with Crippen LogP contribution in [0.5, 0.6) is 0 Å². The quantitative estimate of drug-likeness (QED) is 0.881. The Balaban J connectivity index is 2.36. The van der Waals surface area contributed by atoms with E-state index >= 15 is 0 Å². The molecular formula is C12H17NO3S. The van der Waals surface area contributed by atoms with Crippen molar-refractivity contribution in [2.24, 2.45) is 0 Å². The molecule has 0 saturated carbocycles. The molecular weight excluding hydrogens is 238 g/mol. The van der Waals surface area contributed by atoms with Crippen LogP contribution in [0, 0.1) is 6.92 Å². The van der Waals surface area contributed by atoms with Gasteiger partial charge in [0.2, 0.25) is 10.0 Å². The van der Waals surface area contributed by atoms with E-state index in [-0.39, 0.29) is 12.6 Å². The van der Waals surface area contributed by atoms with Crippen LogP contribution >= 0.6 is 0 Å². The van der Waals surface area contributed by atoms with Crippen molar-refractivity contribution >= 4 is 10.0 Å². The van der Waals surface area contributed by atoms with Crippen LogP contribution < -0.4 is 0 Å². The molecule has 4 nitrogen and oxygen atoms in total. The van der Waals surface area contributed by atoms with Crippen LogP contribution in [0.25, 0.3) is 0 Å². The first-order chi connectivity index (χ1) is 8.05. The third kappa shape index (κ3) is 2.36. The van der Waals surface area contributed by atoms with E-state index in [4.69, 9.17) is 0 Å². The number of benzene rings is 1. The Morgan fingerprint density at radius 3 is 2.88 bits per heavy atom. The Kier molecular flexibility index (Phi) is 3.51. The number of rotatable bonds is 3. The minimum atomic E-state index is -3.45. The van der Waals surface area contributed by atoms with Gasteiger partial charge in [0, 0.05) is 12.6 Å². The largest absolute Gasteiger partial charge is 0.395 e. The van der Waals surface area contributed by atoms with Gasteiger partial charge in [-0.15, -0.1) is 0 Å². The van der Waals surface area contributed by atoms with Crippen LogP contribution in [0.4, 0.5) is 0 Å². The lowest BCUT2D eigenvalue weighted by molar-refractivity contribution is 0.213. The summed E-state index contributed by atoms with van der Waals surface area (Å²) in [7, 11) is -3.45. The maximum atomic E-state index is 12.4. The Hall–Kier alpha value is -0.910. The molecule has 1 fully saturated rings. The van der Waals surface area contributed by atoms with Gasteiger partial charge in [0.1, 0.15) is 0 Å². The summed E-state index contributed by atoms with van der Waals surface area (Å²) < 4.78 is 26.2. The molecule has 17 heavy (non-hydrogen) atoms. The van der Waals surface area contributed by atoms with Crippen LogP contribution in [0.1, 0.15) is 18.4 Å². The van der Waals surface area contributed by atoms with Gasteiger partial charge in [0.25, 0.3) is 0 Å². The van der Waals surface area contributed by atoms with Crippen LogP contribution in [0.3, 0.4) is 0 Å². The summed E-state index contributed by atoms with van der Waals surface area (Å²) in [6, 6.07) is 6.62. The van der Waals surface area contributed by atoms with Crippen molar-refractivity contribution in [3.63, 3.8) is 0 Å². The van der Waals surface area contributed by atoms with Gasteiger partial charge in [0.15, 0.2) is 0 Å². The average molecular weight is 255 g/mol. The van der Waals surface area contributed by atoms with E-state index in [0.717, 1.165) is 18.4 Å². The molecule has 0 aliphatic carbocycles. The number of hydrogen-bond acceptors (Lipinski definition) is 3. The first-order valence-corrected chi connectivity index (χ1v) is 7.19. The molecule has 1 aromatic rings. The lowest BCUT2D eigenvalue weighted by Crippen LogP contribution is -2.37. The van der Waals surface area contributed by atoms with E-state index in [1.807, 2.05) is 13.0 Å². The molecule has 0 radical (unpaired) electrons. The highest BCUT2D eigenvalue weighted by Gasteiger charge is 2.34. The number of aryl methyl sites for hydroxylation is 1. The minimum Gasteiger partial charge on any atom is -0.395 e. The fourth-order valence-corrected chi connectivity index (χ4v) is 4.01. The predicted octanol–water partition coefficient (Wildman–Crippen LogP) is 1.14. The zero-order valence-electron chi connectivity index (χ0n) is 9.83. The van der Waals surface area contributed by atoms with Crippen molar-refractivity contribution in [1.82, 2.24) is 4.31 Å². The second-order valence-corrected chi connectivity index (χ2v) is 6.30. The van der Waals surface area contributed by atoms with E-state index in [9.17, 15) is 13.5 Å². The van der Waals surface area contributed by atoms with Crippen molar-refractivity contribution in [2.45, 2.75) is 30.7 Å². The van der Waals surface area contributed by atoms with Crippen LogP contribution in [0.2, 0.25) is 0 Å². The summed E-state index contributed by atoms with van der Waals surface area (Å²) in [6.07, 6.45) is 1.55. The van der Waals surface area contributed by atoms with Gasteiger partial charge in [0.05, 0.1) is 11.5 Å². The summed E-state index contributed by atoms with van der Waals surface area (Å²) in [4.78, 5) is 0.317. The molecule has 0 bridgehead atoms. The number of aliphatic hydroxyl groups is 1. The van der Waals surface area contributed by atoms with Crippen molar-refractivity contribution in [1.29, 1.82) is 0 Å². The lowest BCUT2D eigenvalue weighted by atomic mass is 10.2. The number of nitrogens with zero attached hydrogens (tertiary/aromatic N) is 1. The summed E-state index contributed by atoms with van der Waals surface area (Å²) in [5.74, 6) is 0. The summed E-state index contributed by atoms with van der Waals surface area (Å²) >= 11 is 0. The third-order valence-corrected chi connectivity index (χ3v) is 5.08. The SMILES string of the molecule is Cc1cccc(S(=O)(=O)N2CCCC2CO)c1. The second-order valence-electron chi connectivity index (χ2n) is 4.41. The van der Waals surface area contributed by atoms with Gasteiger partial charge in [-0.05, 0) is 37.5 Å². The smallest absolute Gasteiger partial charge is 0.243 e. The summed E-state index contributed by atoms with van der Waals surface area (Å²) in [5, 5.41) is 9.20. The third-order valence-electron chi connectivity index (χ3n) is 3.13. The zero-order chi connectivity index (χ0) is 12.5. The first-order valence-electron chi connectivity index (χ1n) is 5.75. The molecule has 1 heterocycles. The van der Waals surface area contributed by atoms with Crippen molar-refractivity contribution in [3.05, 3.63) is 29.8 Å². The maximum Gasteiger partial charge on any atom is 0.243 e. The van der Waals surface area contributed by atoms with Gasteiger partial charge in [-0.25, -0.2) is 8.42 Å². The summed E-state index contributed by atoms with van der Waals surface area (Å²) in [5.41, 5.74) is 0.922. The zero-order valence-corrected chi connectivity index (χ0v) is 10.7. The highest BCUT2D eigenvalue weighted by molar-refractivity contribution is 7.89. The fourth-order valence-electron chi connectivity index (χ4n) is 2.22. The second kappa shape index (κ2) is 4.76. The number of hydrogen-bond donors (Lipinski definition) is 1. The van der Waals surface area contributed by atoms with E-state index < -0.39 is 10.0 Å². The first kappa shape index (κ1) is 12.5. The van der Waals surface area contributed by atoms with Gasteiger partial charge >= 0.3 is 0 Å². The van der Waals surface area contributed by atoms with Gasteiger partial charge in [-0.3, -0.25) is 0 Å². The minimum absolute atomic E-state index is 0.106. The van der Waals surface area contributed by atoms with Crippen molar-refractivity contribution < 1.29 is 13.5 Å². The molecule has 0 amide bonds. The normalized spacial score (nSPS) is 21.9. The van der Waals surface area contributed by atoms with Crippen LogP contribution in [0.15, 0.2) is 29.2 Å². The molecule has 5 heteroatoms. The molecule has 1 atom stereocenters. The molecule has 0 aromatic heterocycles.